The Morgan fingerprint density at radius 3 is 2.16 bits per heavy atom. The first-order chi connectivity index (χ1) is 11.6. The van der Waals surface area contributed by atoms with Crippen molar-refractivity contribution in [1.82, 2.24) is 16.0 Å². The van der Waals surface area contributed by atoms with Gasteiger partial charge in [0.1, 0.15) is 17.7 Å². The molecular formula is C18H27N3O4. The first kappa shape index (κ1) is 20.5. The molecule has 0 heterocycles. The van der Waals surface area contributed by atoms with Gasteiger partial charge >= 0.3 is 6.09 Å². The number of likely N-dealkylation sites (N-methyl/N-ethyl adjacent to an activating group) is 1. The quantitative estimate of drug-likeness (QED) is 0.723. The molecular weight excluding hydrogens is 322 g/mol. The fourth-order valence-electron chi connectivity index (χ4n) is 2.08. The highest BCUT2D eigenvalue weighted by Gasteiger charge is 2.25. The Morgan fingerprint density at radius 1 is 1.04 bits per heavy atom. The van der Waals surface area contributed by atoms with Crippen molar-refractivity contribution in [2.75, 3.05) is 7.05 Å². The molecule has 1 aromatic rings. The van der Waals surface area contributed by atoms with Gasteiger partial charge in [-0.05, 0) is 33.3 Å². The van der Waals surface area contributed by atoms with Crippen LogP contribution in [0, 0.1) is 0 Å². The third-order valence-corrected chi connectivity index (χ3v) is 3.29. The average molecular weight is 349 g/mol. The molecule has 7 nitrogen and oxygen atoms in total. The minimum absolute atomic E-state index is 0.304. The number of carbonyl (C=O) groups excluding carboxylic acids is 3. The van der Waals surface area contributed by atoms with Crippen molar-refractivity contribution in [3.63, 3.8) is 0 Å². The lowest BCUT2D eigenvalue weighted by Crippen LogP contribution is -2.53. The highest BCUT2D eigenvalue weighted by Crippen LogP contribution is 2.07. The van der Waals surface area contributed by atoms with Crippen molar-refractivity contribution in [2.24, 2.45) is 0 Å². The summed E-state index contributed by atoms with van der Waals surface area (Å²) >= 11 is 0. The van der Waals surface area contributed by atoms with Gasteiger partial charge in [0.25, 0.3) is 0 Å². The minimum Gasteiger partial charge on any atom is -0.444 e. The van der Waals surface area contributed by atoms with E-state index < -0.39 is 29.7 Å². The van der Waals surface area contributed by atoms with E-state index in [0.29, 0.717) is 6.42 Å². The van der Waals surface area contributed by atoms with Crippen LogP contribution in [0.1, 0.15) is 33.3 Å². The Labute approximate surface area is 148 Å². The van der Waals surface area contributed by atoms with Crippen LogP contribution in [-0.2, 0) is 20.7 Å². The van der Waals surface area contributed by atoms with Gasteiger partial charge < -0.3 is 20.7 Å². The molecule has 0 saturated heterocycles. The summed E-state index contributed by atoms with van der Waals surface area (Å²) in [4.78, 5) is 36.1. The summed E-state index contributed by atoms with van der Waals surface area (Å²) in [6.07, 6.45) is -0.333. The molecule has 0 radical (unpaired) electrons. The standard InChI is InChI=1S/C18H27N3O4/c1-12(20-17(24)25-18(2,3)4)15(22)21-14(16(23)19-5)11-13-9-7-6-8-10-13/h6-10,12,14H,11H2,1-5H3,(H,19,23)(H,20,24)(H,21,22)/t12-,14-/m0/s1. The molecule has 0 aliphatic rings. The SMILES string of the molecule is CNC(=O)[C@H](Cc1ccccc1)NC(=O)[C@H](C)NC(=O)OC(C)(C)C. The molecule has 25 heavy (non-hydrogen) atoms. The number of benzene rings is 1. The summed E-state index contributed by atoms with van der Waals surface area (Å²) in [5.41, 5.74) is 0.266. The van der Waals surface area contributed by atoms with Crippen LogP contribution in [0.4, 0.5) is 4.79 Å². The summed E-state index contributed by atoms with van der Waals surface area (Å²) in [5, 5.41) is 7.66. The Morgan fingerprint density at radius 2 is 1.64 bits per heavy atom. The van der Waals surface area contributed by atoms with Gasteiger partial charge in [-0.15, -0.1) is 0 Å². The number of nitrogens with one attached hydrogen (secondary N) is 3. The Kier molecular flexibility index (Phi) is 7.42. The smallest absolute Gasteiger partial charge is 0.408 e. The van der Waals surface area contributed by atoms with Crippen molar-refractivity contribution >= 4 is 17.9 Å². The summed E-state index contributed by atoms with van der Waals surface area (Å²) in [6.45, 7) is 6.74. The Hall–Kier alpha value is -2.57. The third kappa shape index (κ3) is 7.69. The van der Waals surface area contributed by atoms with Gasteiger partial charge in [-0.3, -0.25) is 9.59 Å². The maximum absolute atomic E-state index is 12.3. The average Bonchev–Trinajstić information content (AvgIpc) is 2.52. The molecule has 7 heteroatoms. The molecule has 0 bridgehead atoms. The monoisotopic (exact) mass is 349 g/mol. The lowest BCUT2D eigenvalue weighted by molar-refractivity contribution is -0.129. The lowest BCUT2D eigenvalue weighted by Gasteiger charge is -2.23. The second kappa shape index (κ2) is 9.05. The number of carbonyl (C=O) groups is 3. The van der Waals surface area contributed by atoms with Gasteiger partial charge in [0.2, 0.25) is 11.8 Å². The van der Waals surface area contributed by atoms with Crippen LogP contribution in [0.3, 0.4) is 0 Å². The molecule has 138 valence electrons. The predicted octanol–water partition coefficient (Wildman–Crippen LogP) is 1.37. The Balaban J connectivity index is 2.68. The second-order valence-corrected chi connectivity index (χ2v) is 6.73. The fraction of sp³-hybridized carbons (Fsp3) is 0.500. The van der Waals surface area contributed by atoms with E-state index in [9.17, 15) is 14.4 Å². The van der Waals surface area contributed by atoms with Crippen LogP contribution in [0.25, 0.3) is 0 Å². The molecule has 0 unspecified atom stereocenters. The number of alkyl carbamates (subject to hydrolysis) is 1. The fourth-order valence-corrected chi connectivity index (χ4v) is 2.08. The normalized spacial score (nSPS) is 13.3. The number of hydrogen-bond acceptors (Lipinski definition) is 4. The van der Waals surface area contributed by atoms with Gasteiger partial charge in [0.05, 0.1) is 0 Å². The van der Waals surface area contributed by atoms with Crippen molar-refractivity contribution in [3.05, 3.63) is 35.9 Å². The number of ether oxygens (including phenoxy) is 1. The number of amides is 3. The summed E-state index contributed by atoms with van der Waals surface area (Å²) in [7, 11) is 1.51. The van der Waals surface area contributed by atoms with E-state index in [-0.39, 0.29) is 5.91 Å². The predicted molar refractivity (Wildman–Crippen MR) is 95.0 cm³/mol. The van der Waals surface area contributed by atoms with Crippen molar-refractivity contribution in [1.29, 1.82) is 0 Å². The van der Waals surface area contributed by atoms with Crippen LogP contribution in [0.5, 0.6) is 0 Å². The van der Waals surface area contributed by atoms with E-state index in [1.165, 1.54) is 14.0 Å². The second-order valence-electron chi connectivity index (χ2n) is 6.73. The lowest BCUT2D eigenvalue weighted by atomic mass is 10.0. The van der Waals surface area contributed by atoms with Crippen molar-refractivity contribution < 1.29 is 19.1 Å². The first-order valence-electron chi connectivity index (χ1n) is 8.18. The van der Waals surface area contributed by atoms with Crippen molar-refractivity contribution in [2.45, 2.75) is 51.8 Å². The number of hydrogen-bond donors (Lipinski definition) is 3. The maximum Gasteiger partial charge on any atom is 0.408 e. The van der Waals surface area contributed by atoms with E-state index in [0.717, 1.165) is 5.56 Å². The van der Waals surface area contributed by atoms with Gasteiger partial charge in [-0.1, -0.05) is 30.3 Å². The van der Waals surface area contributed by atoms with Gasteiger partial charge in [0.15, 0.2) is 0 Å². The molecule has 3 N–H and O–H groups in total. The third-order valence-electron chi connectivity index (χ3n) is 3.29. The van der Waals surface area contributed by atoms with Crippen molar-refractivity contribution in [3.8, 4) is 0 Å². The summed E-state index contributed by atoms with van der Waals surface area (Å²) < 4.78 is 5.12. The van der Waals surface area contributed by atoms with Gasteiger partial charge in [0, 0.05) is 13.5 Å². The van der Waals surface area contributed by atoms with E-state index in [2.05, 4.69) is 16.0 Å². The molecule has 1 aromatic carbocycles. The molecule has 1 rings (SSSR count). The van der Waals surface area contributed by atoms with Crippen LogP contribution >= 0.6 is 0 Å². The highest BCUT2D eigenvalue weighted by atomic mass is 16.6. The molecule has 0 spiro atoms. The molecule has 0 aromatic heterocycles. The largest absolute Gasteiger partial charge is 0.444 e. The van der Waals surface area contributed by atoms with Crippen LogP contribution in [0.15, 0.2) is 30.3 Å². The van der Waals surface area contributed by atoms with E-state index in [1.54, 1.807) is 20.8 Å². The first-order valence-corrected chi connectivity index (χ1v) is 8.18. The topological polar surface area (TPSA) is 96.5 Å². The molecule has 3 amide bonds. The zero-order valence-corrected chi connectivity index (χ0v) is 15.4. The molecule has 2 atom stereocenters. The summed E-state index contributed by atoms with van der Waals surface area (Å²) in [5.74, 6) is -0.767. The maximum atomic E-state index is 12.3. The van der Waals surface area contributed by atoms with Gasteiger partial charge in [-0.2, -0.15) is 0 Å². The zero-order chi connectivity index (χ0) is 19.0. The zero-order valence-electron chi connectivity index (χ0n) is 15.4. The van der Waals surface area contributed by atoms with E-state index in [4.69, 9.17) is 4.74 Å². The van der Waals surface area contributed by atoms with E-state index >= 15 is 0 Å². The Bertz CT molecular complexity index is 596. The van der Waals surface area contributed by atoms with Crippen LogP contribution in [0.2, 0.25) is 0 Å². The molecule has 0 aliphatic heterocycles. The molecule has 0 aliphatic carbocycles. The van der Waals surface area contributed by atoms with Crippen LogP contribution < -0.4 is 16.0 Å². The highest BCUT2D eigenvalue weighted by molar-refractivity contribution is 5.91. The molecule has 0 fully saturated rings. The molecule has 0 saturated carbocycles. The summed E-state index contributed by atoms with van der Waals surface area (Å²) in [6, 6.07) is 7.80. The number of rotatable bonds is 6. The van der Waals surface area contributed by atoms with Gasteiger partial charge in [-0.25, -0.2) is 4.79 Å². The van der Waals surface area contributed by atoms with E-state index in [1.807, 2.05) is 30.3 Å². The minimum atomic E-state index is -0.835. The van der Waals surface area contributed by atoms with Crippen LogP contribution in [-0.4, -0.2) is 42.6 Å².